The van der Waals surface area contributed by atoms with E-state index in [-0.39, 0.29) is 11.9 Å². The minimum atomic E-state index is -0.0199. The van der Waals surface area contributed by atoms with Crippen LogP contribution in [0, 0.1) is 0 Å². The van der Waals surface area contributed by atoms with Crippen molar-refractivity contribution in [2.45, 2.75) is 25.8 Å². The van der Waals surface area contributed by atoms with Crippen molar-refractivity contribution in [3.05, 3.63) is 29.8 Å². The molecule has 0 saturated carbocycles. The first-order valence-corrected chi connectivity index (χ1v) is 5.77. The van der Waals surface area contributed by atoms with Gasteiger partial charge >= 0.3 is 0 Å². The first-order valence-electron chi connectivity index (χ1n) is 5.77. The molecule has 0 heterocycles. The zero-order valence-corrected chi connectivity index (χ0v) is 10.4. The van der Waals surface area contributed by atoms with E-state index in [2.05, 4.69) is 5.32 Å². The highest BCUT2D eigenvalue weighted by atomic mass is 16.5. The van der Waals surface area contributed by atoms with Crippen molar-refractivity contribution in [3.63, 3.8) is 0 Å². The molecule has 1 unspecified atom stereocenters. The van der Waals surface area contributed by atoms with Crippen LogP contribution in [0.1, 0.15) is 31.4 Å². The first kappa shape index (κ1) is 13.5. The summed E-state index contributed by atoms with van der Waals surface area (Å²) in [6.07, 6.45) is 1.23. The Kier molecular flexibility index (Phi) is 5.49. The molecule has 1 atom stereocenters. The predicted octanol–water partition coefficient (Wildman–Crippen LogP) is 1.87. The highest BCUT2D eigenvalue weighted by Crippen LogP contribution is 2.15. The molecule has 0 bridgehead atoms. The van der Waals surface area contributed by atoms with E-state index in [1.54, 1.807) is 7.11 Å². The number of anilines is 1. The maximum absolute atomic E-state index is 11.6. The number of hydrogen-bond acceptors (Lipinski definition) is 3. The standard InChI is InChI=1S/C13H20N2O2/c1-10(11-5-3-6-12(14)9-11)15-13(16)7-4-8-17-2/h3,5-6,9-10H,4,7-8,14H2,1-2H3,(H,15,16). The molecular weight excluding hydrogens is 216 g/mol. The summed E-state index contributed by atoms with van der Waals surface area (Å²) in [6.45, 7) is 2.56. The number of nitrogens with two attached hydrogens (primary N) is 1. The van der Waals surface area contributed by atoms with Gasteiger partial charge in [-0.25, -0.2) is 0 Å². The lowest BCUT2D eigenvalue weighted by Gasteiger charge is -2.14. The van der Waals surface area contributed by atoms with Gasteiger partial charge in [-0.3, -0.25) is 4.79 Å². The highest BCUT2D eigenvalue weighted by Gasteiger charge is 2.09. The summed E-state index contributed by atoms with van der Waals surface area (Å²) in [5.41, 5.74) is 7.43. The zero-order chi connectivity index (χ0) is 12.7. The van der Waals surface area contributed by atoms with E-state index >= 15 is 0 Å². The topological polar surface area (TPSA) is 64.3 Å². The van der Waals surface area contributed by atoms with Crippen molar-refractivity contribution in [2.75, 3.05) is 19.5 Å². The number of hydrogen-bond donors (Lipinski definition) is 2. The van der Waals surface area contributed by atoms with Crippen molar-refractivity contribution in [3.8, 4) is 0 Å². The number of methoxy groups -OCH3 is 1. The van der Waals surface area contributed by atoms with E-state index in [1.807, 2.05) is 31.2 Å². The maximum Gasteiger partial charge on any atom is 0.220 e. The molecule has 94 valence electrons. The van der Waals surface area contributed by atoms with E-state index in [0.29, 0.717) is 18.7 Å². The Morgan fingerprint density at radius 1 is 1.53 bits per heavy atom. The summed E-state index contributed by atoms with van der Waals surface area (Å²) in [5.74, 6) is 0.0389. The molecule has 4 heteroatoms. The van der Waals surface area contributed by atoms with Gasteiger partial charge in [0.15, 0.2) is 0 Å². The average Bonchev–Trinajstić information content (AvgIpc) is 2.29. The van der Waals surface area contributed by atoms with Crippen LogP contribution >= 0.6 is 0 Å². The molecule has 0 aliphatic carbocycles. The normalized spacial score (nSPS) is 12.1. The van der Waals surface area contributed by atoms with Gasteiger partial charge in [0.25, 0.3) is 0 Å². The van der Waals surface area contributed by atoms with Gasteiger partial charge in [-0.1, -0.05) is 12.1 Å². The molecule has 1 aromatic carbocycles. The van der Waals surface area contributed by atoms with Crippen LogP contribution in [-0.4, -0.2) is 19.6 Å². The summed E-state index contributed by atoms with van der Waals surface area (Å²) in [6, 6.07) is 7.53. The van der Waals surface area contributed by atoms with E-state index in [0.717, 1.165) is 12.0 Å². The first-order chi connectivity index (χ1) is 8.13. The van der Waals surface area contributed by atoms with Crippen molar-refractivity contribution in [2.24, 2.45) is 0 Å². The van der Waals surface area contributed by atoms with E-state index in [4.69, 9.17) is 10.5 Å². The second-order valence-electron chi connectivity index (χ2n) is 4.06. The van der Waals surface area contributed by atoms with Crippen LogP contribution in [0.3, 0.4) is 0 Å². The molecule has 0 aromatic heterocycles. The van der Waals surface area contributed by atoms with Crippen molar-refractivity contribution < 1.29 is 9.53 Å². The van der Waals surface area contributed by atoms with Gasteiger partial charge in [-0.05, 0) is 31.0 Å². The largest absolute Gasteiger partial charge is 0.399 e. The van der Waals surface area contributed by atoms with Crippen LogP contribution in [0.2, 0.25) is 0 Å². The van der Waals surface area contributed by atoms with Gasteiger partial charge in [0.2, 0.25) is 5.91 Å². The van der Waals surface area contributed by atoms with Crippen LogP contribution in [0.25, 0.3) is 0 Å². The zero-order valence-electron chi connectivity index (χ0n) is 10.4. The van der Waals surface area contributed by atoms with E-state index in [9.17, 15) is 4.79 Å². The third-order valence-corrected chi connectivity index (χ3v) is 2.54. The van der Waals surface area contributed by atoms with Crippen LogP contribution in [0.5, 0.6) is 0 Å². The molecule has 0 saturated heterocycles. The number of carbonyl (C=O) groups is 1. The fourth-order valence-electron chi connectivity index (χ4n) is 1.60. The third kappa shape index (κ3) is 4.87. The van der Waals surface area contributed by atoms with Crippen molar-refractivity contribution >= 4 is 11.6 Å². The number of nitrogens with one attached hydrogen (secondary N) is 1. The Bertz CT molecular complexity index is 366. The number of benzene rings is 1. The molecule has 0 fully saturated rings. The lowest BCUT2D eigenvalue weighted by molar-refractivity contribution is -0.122. The monoisotopic (exact) mass is 236 g/mol. The predicted molar refractivity (Wildman–Crippen MR) is 68.5 cm³/mol. The van der Waals surface area contributed by atoms with Gasteiger partial charge in [0.05, 0.1) is 6.04 Å². The Morgan fingerprint density at radius 3 is 2.94 bits per heavy atom. The SMILES string of the molecule is COCCCC(=O)NC(C)c1cccc(N)c1. The summed E-state index contributed by atoms with van der Waals surface area (Å²) < 4.78 is 4.90. The molecule has 1 aromatic rings. The second-order valence-corrected chi connectivity index (χ2v) is 4.06. The fourth-order valence-corrected chi connectivity index (χ4v) is 1.60. The molecule has 0 spiro atoms. The summed E-state index contributed by atoms with van der Waals surface area (Å²) >= 11 is 0. The minimum Gasteiger partial charge on any atom is -0.399 e. The van der Waals surface area contributed by atoms with Crippen molar-refractivity contribution in [1.82, 2.24) is 5.32 Å². The Balaban J connectivity index is 2.43. The average molecular weight is 236 g/mol. The molecular formula is C13H20N2O2. The van der Waals surface area contributed by atoms with E-state index < -0.39 is 0 Å². The van der Waals surface area contributed by atoms with Gasteiger partial charge in [-0.2, -0.15) is 0 Å². The molecule has 17 heavy (non-hydrogen) atoms. The molecule has 0 aliphatic rings. The lowest BCUT2D eigenvalue weighted by atomic mass is 10.1. The number of nitrogen functional groups attached to an aromatic ring is 1. The molecule has 0 aliphatic heterocycles. The molecule has 3 N–H and O–H groups in total. The van der Waals surface area contributed by atoms with Gasteiger partial charge in [-0.15, -0.1) is 0 Å². The number of amides is 1. The molecule has 4 nitrogen and oxygen atoms in total. The lowest BCUT2D eigenvalue weighted by Crippen LogP contribution is -2.26. The number of carbonyl (C=O) groups excluding carboxylic acids is 1. The van der Waals surface area contributed by atoms with Gasteiger partial charge in [0, 0.05) is 25.8 Å². The summed E-state index contributed by atoms with van der Waals surface area (Å²) in [7, 11) is 1.63. The highest BCUT2D eigenvalue weighted by molar-refractivity contribution is 5.76. The van der Waals surface area contributed by atoms with Gasteiger partial charge < -0.3 is 15.8 Å². The minimum absolute atomic E-state index is 0.0199. The van der Waals surface area contributed by atoms with Gasteiger partial charge in [0.1, 0.15) is 0 Å². The Morgan fingerprint density at radius 2 is 2.29 bits per heavy atom. The number of rotatable bonds is 6. The van der Waals surface area contributed by atoms with Crippen LogP contribution in [0.4, 0.5) is 5.69 Å². The van der Waals surface area contributed by atoms with Crippen LogP contribution in [-0.2, 0) is 9.53 Å². The molecule has 1 amide bonds. The molecule has 0 radical (unpaired) electrons. The number of ether oxygens (including phenoxy) is 1. The van der Waals surface area contributed by atoms with E-state index in [1.165, 1.54) is 0 Å². The fraction of sp³-hybridized carbons (Fsp3) is 0.462. The second kappa shape index (κ2) is 6.91. The maximum atomic E-state index is 11.6. The quantitative estimate of drug-likeness (QED) is 0.585. The Hall–Kier alpha value is -1.55. The third-order valence-electron chi connectivity index (χ3n) is 2.54. The summed E-state index contributed by atoms with van der Waals surface area (Å²) in [5, 5.41) is 2.93. The van der Waals surface area contributed by atoms with Crippen molar-refractivity contribution in [1.29, 1.82) is 0 Å². The molecule has 1 rings (SSSR count). The van der Waals surface area contributed by atoms with Crippen LogP contribution in [0.15, 0.2) is 24.3 Å². The van der Waals surface area contributed by atoms with Crippen LogP contribution < -0.4 is 11.1 Å². The Labute approximate surface area is 102 Å². The smallest absolute Gasteiger partial charge is 0.220 e. The summed E-state index contributed by atoms with van der Waals surface area (Å²) in [4.78, 5) is 11.6.